The smallest absolute Gasteiger partial charge is 0.125 e. The van der Waals surface area contributed by atoms with Gasteiger partial charge in [0.25, 0.3) is 0 Å². The van der Waals surface area contributed by atoms with Gasteiger partial charge >= 0.3 is 0 Å². The average molecular weight is 571 g/mol. The van der Waals surface area contributed by atoms with Crippen LogP contribution in [-0.4, -0.2) is 58.1 Å². The van der Waals surface area contributed by atoms with Gasteiger partial charge in [-0.05, 0) is 73.9 Å². The van der Waals surface area contributed by atoms with Crippen LogP contribution in [-0.2, 0) is 37.0 Å². The fourth-order valence-electron chi connectivity index (χ4n) is 5.90. The van der Waals surface area contributed by atoms with Crippen molar-refractivity contribution in [3.63, 3.8) is 0 Å². The molecule has 1 fully saturated rings. The minimum Gasteiger partial charge on any atom is -0.497 e. The molecule has 0 spiro atoms. The molecular weight excluding hydrogens is 520 g/mol. The third-order valence-corrected chi connectivity index (χ3v) is 8.36. The highest BCUT2D eigenvalue weighted by Crippen LogP contribution is 2.32. The molecule has 7 heteroatoms. The maximum atomic E-state index is 12.0. The lowest BCUT2D eigenvalue weighted by Gasteiger charge is -2.37. The molecule has 0 radical (unpaired) electrons. The summed E-state index contributed by atoms with van der Waals surface area (Å²) in [5, 5.41) is 0. The summed E-state index contributed by atoms with van der Waals surface area (Å²) in [5.74, 6) is 1.52. The van der Waals surface area contributed by atoms with Crippen LogP contribution in [0.2, 0.25) is 0 Å². The standard InChI is InChI=1S/C34H50O7/c1-23(8-13-31-19-32(38-7)18-25(3)41-31)33(39-21-27-9-14-29(36-5)15-10-27)26(4)34(24(2)20-35)40-22-28-11-16-30(37-6)17-12-28/h9-12,14-17,20,23-26,31-34H,8,13,18-19,21-22H2,1-7H3/t23-,24-,25-,26-,31-,32+,33-,34-/m0/s1. The zero-order chi connectivity index (χ0) is 29.8. The number of carbonyl (C=O) groups is 1. The van der Waals surface area contributed by atoms with Crippen molar-refractivity contribution in [1.29, 1.82) is 0 Å². The Kier molecular flexibility index (Phi) is 13.6. The molecule has 0 N–H and O–H groups in total. The minimum atomic E-state index is -0.304. The molecule has 1 aliphatic heterocycles. The van der Waals surface area contributed by atoms with Crippen LogP contribution in [0.3, 0.4) is 0 Å². The first-order chi connectivity index (χ1) is 19.8. The highest BCUT2D eigenvalue weighted by atomic mass is 16.5. The van der Waals surface area contributed by atoms with E-state index in [1.165, 1.54) is 0 Å². The normalized spacial score (nSPS) is 22.8. The summed E-state index contributed by atoms with van der Waals surface area (Å²) in [6, 6.07) is 15.8. The van der Waals surface area contributed by atoms with Crippen molar-refractivity contribution in [3.8, 4) is 11.5 Å². The van der Waals surface area contributed by atoms with Crippen molar-refractivity contribution in [3.05, 3.63) is 59.7 Å². The molecule has 1 heterocycles. The minimum absolute atomic E-state index is 0.0281. The van der Waals surface area contributed by atoms with Gasteiger partial charge < -0.3 is 33.2 Å². The summed E-state index contributed by atoms with van der Waals surface area (Å²) < 4.78 is 35.6. The predicted octanol–water partition coefficient (Wildman–Crippen LogP) is 6.64. The Balaban J connectivity index is 1.74. The molecule has 0 bridgehead atoms. The quantitative estimate of drug-likeness (QED) is 0.197. The van der Waals surface area contributed by atoms with Gasteiger partial charge in [0.2, 0.25) is 0 Å². The zero-order valence-corrected chi connectivity index (χ0v) is 25.9. The van der Waals surface area contributed by atoms with Gasteiger partial charge in [0.15, 0.2) is 0 Å². The van der Waals surface area contributed by atoms with Crippen molar-refractivity contribution in [2.24, 2.45) is 17.8 Å². The molecule has 7 nitrogen and oxygen atoms in total. The summed E-state index contributed by atoms with van der Waals surface area (Å²) >= 11 is 0. The van der Waals surface area contributed by atoms with Crippen molar-refractivity contribution in [1.82, 2.24) is 0 Å². The number of hydrogen-bond acceptors (Lipinski definition) is 7. The Bertz CT molecular complexity index is 1010. The molecule has 0 saturated carbocycles. The first-order valence-electron chi connectivity index (χ1n) is 14.9. The van der Waals surface area contributed by atoms with Crippen LogP contribution in [0, 0.1) is 17.8 Å². The average Bonchev–Trinajstić information content (AvgIpc) is 3.00. The summed E-state index contributed by atoms with van der Waals surface area (Å²) in [5.41, 5.74) is 2.10. The molecule has 2 aromatic rings. The largest absolute Gasteiger partial charge is 0.497 e. The Morgan fingerprint density at radius 1 is 0.829 bits per heavy atom. The van der Waals surface area contributed by atoms with Gasteiger partial charge in [-0.1, -0.05) is 45.0 Å². The summed E-state index contributed by atoms with van der Waals surface area (Å²) in [6.45, 7) is 9.30. The molecule has 0 aromatic heterocycles. The fraction of sp³-hybridized carbons (Fsp3) is 0.618. The second-order valence-electron chi connectivity index (χ2n) is 11.6. The maximum absolute atomic E-state index is 12.0. The van der Waals surface area contributed by atoms with Gasteiger partial charge in [0.05, 0.1) is 58.0 Å². The Morgan fingerprint density at radius 3 is 1.85 bits per heavy atom. The van der Waals surface area contributed by atoms with Crippen LogP contribution in [0.15, 0.2) is 48.5 Å². The van der Waals surface area contributed by atoms with Crippen LogP contribution >= 0.6 is 0 Å². The monoisotopic (exact) mass is 570 g/mol. The number of carbonyl (C=O) groups excluding carboxylic acids is 1. The number of methoxy groups -OCH3 is 3. The molecule has 0 aliphatic carbocycles. The third-order valence-electron chi connectivity index (χ3n) is 8.36. The Hall–Kier alpha value is -2.45. The molecular formula is C34H50O7. The summed E-state index contributed by atoms with van der Waals surface area (Å²) in [6.07, 6.45) is 4.88. The molecule has 8 atom stereocenters. The van der Waals surface area contributed by atoms with Crippen LogP contribution in [0.1, 0.15) is 64.5 Å². The van der Waals surface area contributed by atoms with Crippen LogP contribution in [0.25, 0.3) is 0 Å². The highest BCUT2D eigenvalue weighted by Gasteiger charge is 2.35. The third kappa shape index (κ3) is 10.1. The summed E-state index contributed by atoms with van der Waals surface area (Å²) in [7, 11) is 5.10. The number of hydrogen-bond donors (Lipinski definition) is 0. The molecule has 0 amide bonds. The Labute approximate surface area is 246 Å². The molecule has 228 valence electrons. The van der Waals surface area contributed by atoms with Gasteiger partial charge in [-0.15, -0.1) is 0 Å². The van der Waals surface area contributed by atoms with Crippen molar-refractivity contribution in [2.75, 3.05) is 21.3 Å². The van der Waals surface area contributed by atoms with Gasteiger partial charge in [0, 0.05) is 18.9 Å². The van der Waals surface area contributed by atoms with Crippen molar-refractivity contribution in [2.45, 2.75) is 97.1 Å². The first kappa shape index (κ1) is 33.1. The zero-order valence-electron chi connectivity index (χ0n) is 25.9. The molecule has 1 saturated heterocycles. The number of ether oxygens (including phenoxy) is 6. The van der Waals surface area contributed by atoms with Gasteiger partial charge in [-0.3, -0.25) is 0 Å². The van der Waals surface area contributed by atoms with E-state index >= 15 is 0 Å². The second kappa shape index (κ2) is 16.9. The Morgan fingerprint density at radius 2 is 1.37 bits per heavy atom. The molecule has 2 aromatic carbocycles. The summed E-state index contributed by atoms with van der Waals surface area (Å²) in [4.78, 5) is 12.0. The molecule has 1 aliphatic rings. The topological polar surface area (TPSA) is 72.5 Å². The second-order valence-corrected chi connectivity index (χ2v) is 11.6. The lowest BCUT2D eigenvalue weighted by molar-refractivity contribution is -0.129. The van der Waals surface area contributed by atoms with E-state index in [9.17, 15) is 4.79 Å². The van der Waals surface area contributed by atoms with E-state index in [0.717, 1.165) is 54.6 Å². The highest BCUT2D eigenvalue weighted by molar-refractivity contribution is 5.53. The fourth-order valence-corrected chi connectivity index (χ4v) is 5.90. The van der Waals surface area contributed by atoms with Crippen LogP contribution < -0.4 is 9.47 Å². The first-order valence-corrected chi connectivity index (χ1v) is 14.9. The van der Waals surface area contributed by atoms with E-state index in [1.54, 1.807) is 21.3 Å². The van der Waals surface area contributed by atoms with E-state index in [1.807, 2.05) is 55.5 Å². The molecule has 3 rings (SSSR count). The SMILES string of the molecule is COc1ccc(CO[C@H]([C@@H](C)[C@@H](OCc2ccc(OC)cc2)[C@@H](C)CC[C@H]2C[C@H](OC)C[C@H](C)O2)[C@@H](C)C=O)cc1. The van der Waals surface area contributed by atoms with Crippen molar-refractivity contribution >= 4 is 6.29 Å². The van der Waals surface area contributed by atoms with Gasteiger partial charge in [0.1, 0.15) is 17.8 Å². The molecule has 0 unspecified atom stereocenters. The number of aldehydes is 1. The van der Waals surface area contributed by atoms with E-state index in [4.69, 9.17) is 28.4 Å². The van der Waals surface area contributed by atoms with E-state index in [2.05, 4.69) is 20.8 Å². The number of benzene rings is 2. The van der Waals surface area contributed by atoms with Gasteiger partial charge in [-0.25, -0.2) is 0 Å². The molecule has 41 heavy (non-hydrogen) atoms. The van der Waals surface area contributed by atoms with E-state index < -0.39 is 0 Å². The van der Waals surface area contributed by atoms with Crippen molar-refractivity contribution < 1.29 is 33.2 Å². The lowest BCUT2D eigenvalue weighted by atomic mass is 9.82. The van der Waals surface area contributed by atoms with E-state index in [0.29, 0.717) is 13.2 Å². The lowest BCUT2D eigenvalue weighted by Crippen LogP contribution is -2.42. The maximum Gasteiger partial charge on any atom is 0.125 e. The van der Waals surface area contributed by atoms with Crippen LogP contribution in [0.4, 0.5) is 0 Å². The van der Waals surface area contributed by atoms with E-state index in [-0.39, 0.29) is 48.3 Å². The predicted molar refractivity (Wildman–Crippen MR) is 160 cm³/mol. The number of rotatable bonds is 17. The van der Waals surface area contributed by atoms with Crippen LogP contribution in [0.5, 0.6) is 11.5 Å². The van der Waals surface area contributed by atoms with Gasteiger partial charge in [-0.2, -0.15) is 0 Å².